The van der Waals surface area contributed by atoms with Crippen molar-refractivity contribution in [1.82, 2.24) is 0 Å². The van der Waals surface area contributed by atoms with Crippen LogP contribution in [0.2, 0.25) is 0 Å². The van der Waals surface area contributed by atoms with E-state index in [1.54, 1.807) is 0 Å². The van der Waals surface area contributed by atoms with Gasteiger partial charge in [-0.2, -0.15) is 4.90 Å². The summed E-state index contributed by atoms with van der Waals surface area (Å²) in [7, 11) is 0. The Morgan fingerprint density at radius 3 is 2.19 bits per heavy atom. The molecule has 5 rings (SSSR count). The van der Waals surface area contributed by atoms with Crippen LogP contribution < -0.4 is 21.9 Å². The zero-order chi connectivity index (χ0) is 20.6. The second-order valence-electron chi connectivity index (χ2n) is 8.58. The van der Waals surface area contributed by atoms with Gasteiger partial charge >= 0.3 is 0 Å². The largest absolute Gasteiger partial charge is 1.00 e. The van der Waals surface area contributed by atoms with Gasteiger partial charge in [-0.05, 0) is 49.4 Å². The van der Waals surface area contributed by atoms with E-state index in [9.17, 15) is 5.11 Å². The number of hydrogen-bond acceptors (Lipinski definition) is 2. The van der Waals surface area contributed by atoms with Gasteiger partial charge in [0.25, 0.3) is 11.6 Å². The summed E-state index contributed by atoms with van der Waals surface area (Å²) >= 11 is 0. The molecular formula is C27H29BrN2O. The van der Waals surface area contributed by atoms with Crippen LogP contribution in [-0.4, -0.2) is 28.6 Å². The van der Waals surface area contributed by atoms with E-state index < -0.39 is 5.72 Å². The normalized spacial score (nSPS) is 20.8. The molecule has 0 fully saturated rings. The van der Waals surface area contributed by atoms with Gasteiger partial charge in [0.1, 0.15) is 5.69 Å². The van der Waals surface area contributed by atoms with Crippen LogP contribution in [0.5, 0.6) is 0 Å². The standard InChI is InChI=1S/C27H29N2O.BrH/c1-21-11-17-25(18-12-21)29-26-10-6-3-7-19-28(26)20-27(29,30)24-15-13-23(14-16-24)22-8-4-2-5-9-22;/h2,4-5,8-9,11-18,30H,3,6-7,10,19-20H2,1H3;1H/q+1;/p-1. The van der Waals surface area contributed by atoms with Crippen LogP contribution in [-0.2, 0) is 5.72 Å². The van der Waals surface area contributed by atoms with E-state index in [-0.39, 0.29) is 17.0 Å². The lowest BCUT2D eigenvalue weighted by Crippen LogP contribution is -3.00. The van der Waals surface area contributed by atoms with E-state index in [0.717, 1.165) is 24.2 Å². The summed E-state index contributed by atoms with van der Waals surface area (Å²) in [5, 5.41) is 12.1. The molecule has 2 aliphatic heterocycles. The molecule has 0 bridgehead atoms. The summed E-state index contributed by atoms with van der Waals surface area (Å²) in [5.41, 5.74) is 4.55. The molecule has 3 aromatic carbocycles. The molecule has 31 heavy (non-hydrogen) atoms. The second-order valence-corrected chi connectivity index (χ2v) is 8.58. The number of aliphatic hydroxyl groups is 1. The third-order valence-corrected chi connectivity index (χ3v) is 6.48. The second kappa shape index (κ2) is 8.97. The molecule has 3 nitrogen and oxygen atoms in total. The maximum atomic E-state index is 12.1. The van der Waals surface area contributed by atoms with E-state index in [1.807, 2.05) is 6.07 Å². The lowest BCUT2D eigenvalue weighted by molar-refractivity contribution is -0.534. The molecule has 2 aliphatic rings. The van der Waals surface area contributed by atoms with E-state index in [2.05, 4.69) is 89.2 Å². The van der Waals surface area contributed by atoms with E-state index in [0.29, 0.717) is 6.54 Å². The van der Waals surface area contributed by atoms with Crippen LogP contribution in [0.1, 0.15) is 36.8 Å². The maximum Gasteiger partial charge on any atom is 0.275 e. The summed E-state index contributed by atoms with van der Waals surface area (Å²) in [5.74, 6) is 1.26. The molecule has 4 heteroatoms. The highest BCUT2D eigenvalue weighted by Crippen LogP contribution is 2.38. The third-order valence-electron chi connectivity index (χ3n) is 6.48. The molecule has 2 heterocycles. The van der Waals surface area contributed by atoms with Gasteiger partial charge in [-0.25, -0.2) is 0 Å². The predicted molar refractivity (Wildman–Crippen MR) is 123 cm³/mol. The number of benzene rings is 3. The number of anilines is 1. The monoisotopic (exact) mass is 476 g/mol. The first-order chi connectivity index (χ1) is 14.6. The summed E-state index contributed by atoms with van der Waals surface area (Å²) < 4.78 is 2.40. The molecule has 0 amide bonds. The number of nitrogens with zero attached hydrogens (tertiary/aromatic N) is 2. The van der Waals surface area contributed by atoms with E-state index >= 15 is 0 Å². The fourth-order valence-corrected chi connectivity index (χ4v) is 4.86. The van der Waals surface area contributed by atoms with Crippen molar-refractivity contribution in [3.05, 3.63) is 90.0 Å². The molecule has 1 atom stereocenters. The number of aryl methyl sites for hydroxylation is 1. The molecule has 160 valence electrons. The predicted octanol–water partition coefficient (Wildman–Crippen LogP) is 2.32. The van der Waals surface area contributed by atoms with Crippen molar-refractivity contribution < 1.29 is 26.7 Å². The average molecular weight is 477 g/mol. The van der Waals surface area contributed by atoms with Gasteiger partial charge in [0.05, 0.1) is 6.54 Å². The Kier molecular flexibility index (Phi) is 6.31. The first-order valence-electron chi connectivity index (χ1n) is 11.0. The topological polar surface area (TPSA) is 26.5 Å². The molecule has 0 aromatic heterocycles. The van der Waals surface area contributed by atoms with Crippen molar-refractivity contribution in [2.75, 3.05) is 18.0 Å². The van der Waals surface area contributed by atoms with Crippen LogP contribution in [0.4, 0.5) is 5.69 Å². The fourth-order valence-electron chi connectivity index (χ4n) is 4.86. The summed E-state index contributed by atoms with van der Waals surface area (Å²) in [6.45, 7) is 3.73. The van der Waals surface area contributed by atoms with Gasteiger partial charge in [0, 0.05) is 12.0 Å². The number of halogens is 1. The van der Waals surface area contributed by atoms with Crippen molar-refractivity contribution in [2.24, 2.45) is 0 Å². The SMILES string of the molecule is Cc1ccc(N2C3=[N+](CCCCC3)CC2(O)c2ccc(-c3ccccc3)cc2)cc1.[Br-]. The van der Waals surface area contributed by atoms with Gasteiger partial charge in [0.2, 0.25) is 0 Å². The summed E-state index contributed by atoms with van der Waals surface area (Å²) in [6.07, 6.45) is 4.63. The number of hydrogen-bond donors (Lipinski definition) is 1. The number of amidine groups is 1. The zero-order valence-corrected chi connectivity index (χ0v) is 19.6. The van der Waals surface area contributed by atoms with Gasteiger partial charge < -0.3 is 22.1 Å². The maximum absolute atomic E-state index is 12.1. The molecule has 1 unspecified atom stereocenters. The first-order valence-corrected chi connectivity index (χ1v) is 11.0. The first kappa shape index (κ1) is 21.8. The van der Waals surface area contributed by atoms with Crippen molar-refractivity contribution in [2.45, 2.75) is 38.3 Å². The molecule has 0 saturated carbocycles. The highest BCUT2D eigenvalue weighted by molar-refractivity contribution is 5.97. The van der Waals surface area contributed by atoms with Crippen molar-refractivity contribution in [1.29, 1.82) is 0 Å². The lowest BCUT2D eigenvalue weighted by atomic mass is 9.96. The van der Waals surface area contributed by atoms with Crippen LogP contribution in [0.25, 0.3) is 11.1 Å². The Morgan fingerprint density at radius 2 is 1.48 bits per heavy atom. The summed E-state index contributed by atoms with van der Waals surface area (Å²) in [4.78, 5) is 2.19. The van der Waals surface area contributed by atoms with E-state index in [1.165, 1.54) is 41.8 Å². The molecule has 0 radical (unpaired) electrons. The van der Waals surface area contributed by atoms with Gasteiger partial charge in [0.15, 0.2) is 6.54 Å². The Labute approximate surface area is 195 Å². The Morgan fingerprint density at radius 1 is 0.806 bits per heavy atom. The lowest BCUT2D eigenvalue weighted by Gasteiger charge is -2.29. The Bertz CT molecular complexity index is 1060. The highest BCUT2D eigenvalue weighted by atomic mass is 79.9. The molecular weight excluding hydrogens is 448 g/mol. The molecule has 0 aliphatic carbocycles. The average Bonchev–Trinajstić information content (AvgIpc) is 2.91. The number of rotatable bonds is 3. The molecule has 3 aromatic rings. The highest BCUT2D eigenvalue weighted by Gasteiger charge is 2.53. The smallest absolute Gasteiger partial charge is 0.275 e. The quantitative estimate of drug-likeness (QED) is 0.587. The van der Waals surface area contributed by atoms with Crippen LogP contribution >= 0.6 is 0 Å². The third kappa shape index (κ3) is 4.07. The minimum absolute atomic E-state index is 0. The van der Waals surface area contributed by atoms with Crippen molar-refractivity contribution >= 4 is 11.5 Å². The van der Waals surface area contributed by atoms with Crippen LogP contribution in [0.3, 0.4) is 0 Å². The molecule has 0 saturated heterocycles. The minimum Gasteiger partial charge on any atom is -1.00 e. The fraction of sp³-hybridized carbons (Fsp3) is 0.296. The van der Waals surface area contributed by atoms with E-state index in [4.69, 9.17) is 0 Å². The summed E-state index contributed by atoms with van der Waals surface area (Å²) in [6, 6.07) is 27.4. The zero-order valence-electron chi connectivity index (χ0n) is 18.0. The van der Waals surface area contributed by atoms with Crippen molar-refractivity contribution in [3.8, 4) is 11.1 Å². The van der Waals surface area contributed by atoms with Gasteiger partial charge in [-0.15, -0.1) is 0 Å². The van der Waals surface area contributed by atoms with Crippen molar-refractivity contribution in [3.63, 3.8) is 0 Å². The van der Waals surface area contributed by atoms with Gasteiger partial charge in [-0.3, -0.25) is 4.58 Å². The van der Waals surface area contributed by atoms with Crippen LogP contribution in [0.15, 0.2) is 78.9 Å². The van der Waals surface area contributed by atoms with Gasteiger partial charge in [-0.1, -0.05) is 72.3 Å². The molecule has 1 N–H and O–H groups in total. The Hall–Kier alpha value is -2.43. The molecule has 0 spiro atoms. The Balaban J connectivity index is 0.00000231. The van der Waals surface area contributed by atoms with Crippen LogP contribution in [0, 0.1) is 6.92 Å². The minimum atomic E-state index is -1.06.